The molecule has 25 heavy (non-hydrogen) atoms. The molecular weight excluding hydrogens is 318 g/mol. The van der Waals surface area contributed by atoms with Gasteiger partial charge in [0, 0.05) is 37.3 Å². The summed E-state index contributed by atoms with van der Waals surface area (Å²) in [6, 6.07) is 7.96. The molecule has 2 aromatic rings. The van der Waals surface area contributed by atoms with Crippen molar-refractivity contribution in [3.8, 4) is 5.75 Å². The molecule has 1 aromatic heterocycles. The second-order valence-electron chi connectivity index (χ2n) is 6.42. The Hall–Kier alpha value is -2.38. The van der Waals surface area contributed by atoms with Crippen molar-refractivity contribution < 1.29 is 9.53 Å². The first kappa shape index (κ1) is 17.4. The Kier molecular flexibility index (Phi) is 5.35. The molecule has 0 bridgehead atoms. The highest BCUT2D eigenvalue weighted by atomic mass is 16.5. The van der Waals surface area contributed by atoms with Gasteiger partial charge >= 0.3 is 0 Å². The van der Waals surface area contributed by atoms with Crippen LogP contribution in [0.25, 0.3) is 0 Å². The predicted octanol–water partition coefficient (Wildman–Crippen LogP) is 1.10. The number of ether oxygens (including phenoxy) is 1. The summed E-state index contributed by atoms with van der Waals surface area (Å²) in [4.78, 5) is 14.7. The number of rotatable bonds is 6. The van der Waals surface area contributed by atoms with Gasteiger partial charge in [-0.15, -0.1) is 0 Å². The Morgan fingerprint density at radius 1 is 1.44 bits per heavy atom. The van der Waals surface area contributed by atoms with Crippen molar-refractivity contribution in [2.45, 2.75) is 19.0 Å². The second-order valence-corrected chi connectivity index (χ2v) is 6.42. The first-order chi connectivity index (χ1) is 12.1. The van der Waals surface area contributed by atoms with E-state index in [1.165, 1.54) is 0 Å². The van der Waals surface area contributed by atoms with Crippen molar-refractivity contribution >= 4 is 5.91 Å². The largest absolute Gasteiger partial charge is 0.497 e. The van der Waals surface area contributed by atoms with Crippen LogP contribution in [0, 0.1) is 0 Å². The first-order valence-electron chi connectivity index (χ1n) is 8.45. The molecule has 1 aromatic carbocycles. The number of carbonyl (C=O) groups is 1. The van der Waals surface area contributed by atoms with E-state index in [9.17, 15) is 4.79 Å². The molecule has 1 atom stereocenters. The van der Waals surface area contributed by atoms with E-state index < -0.39 is 0 Å². The van der Waals surface area contributed by atoms with Gasteiger partial charge in [-0.25, -0.2) is 0 Å². The third kappa shape index (κ3) is 3.83. The summed E-state index contributed by atoms with van der Waals surface area (Å²) in [6.07, 6.45) is 0.875. The average molecular weight is 343 g/mol. The van der Waals surface area contributed by atoms with Crippen LogP contribution in [0.1, 0.15) is 33.4 Å². The summed E-state index contributed by atoms with van der Waals surface area (Å²) in [7, 11) is 5.65. The molecule has 0 radical (unpaired) electrons. The van der Waals surface area contributed by atoms with Gasteiger partial charge in [-0.05, 0) is 31.8 Å². The molecule has 0 saturated carbocycles. The molecule has 3 rings (SSSR count). The van der Waals surface area contributed by atoms with E-state index in [-0.39, 0.29) is 11.9 Å². The zero-order valence-electron chi connectivity index (χ0n) is 14.9. The number of benzene rings is 1. The molecule has 1 unspecified atom stereocenters. The molecule has 7 heteroatoms. The molecule has 2 heterocycles. The number of amides is 1. The van der Waals surface area contributed by atoms with Gasteiger partial charge in [0.1, 0.15) is 5.75 Å². The fourth-order valence-corrected chi connectivity index (χ4v) is 3.13. The van der Waals surface area contributed by atoms with E-state index in [2.05, 4.69) is 25.7 Å². The van der Waals surface area contributed by atoms with Gasteiger partial charge in [-0.2, -0.15) is 5.10 Å². The number of aromatic amines is 1. The minimum Gasteiger partial charge on any atom is -0.497 e. The lowest BCUT2D eigenvalue weighted by atomic mass is 10.0. The predicted molar refractivity (Wildman–Crippen MR) is 95.8 cm³/mol. The van der Waals surface area contributed by atoms with Crippen LogP contribution < -0.4 is 15.4 Å². The number of fused-ring (bicyclic) bond motifs is 1. The lowest BCUT2D eigenvalue weighted by molar-refractivity contribution is 0.0935. The van der Waals surface area contributed by atoms with Gasteiger partial charge in [0.05, 0.1) is 13.2 Å². The molecule has 134 valence electrons. The Morgan fingerprint density at radius 2 is 2.28 bits per heavy atom. The van der Waals surface area contributed by atoms with Gasteiger partial charge in [-0.3, -0.25) is 9.89 Å². The summed E-state index contributed by atoms with van der Waals surface area (Å²) < 4.78 is 5.30. The SMILES string of the molecule is COc1cccc(C(CNC(=O)c2n[nH]c3c2CNCC3)N(C)C)c1. The van der Waals surface area contributed by atoms with Gasteiger partial charge in [0.15, 0.2) is 5.69 Å². The van der Waals surface area contributed by atoms with Crippen molar-refractivity contribution in [1.82, 2.24) is 25.7 Å². The smallest absolute Gasteiger partial charge is 0.272 e. The number of methoxy groups -OCH3 is 1. The Labute approximate surface area is 147 Å². The highest BCUT2D eigenvalue weighted by Crippen LogP contribution is 2.22. The van der Waals surface area contributed by atoms with Crippen molar-refractivity contribution in [2.24, 2.45) is 0 Å². The topological polar surface area (TPSA) is 82.3 Å². The molecule has 1 amide bonds. The monoisotopic (exact) mass is 343 g/mol. The van der Waals surface area contributed by atoms with E-state index in [1.54, 1.807) is 7.11 Å². The van der Waals surface area contributed by atoms with Gasteiger partial charge < -0.3 is 20.3 Å². The van der Waals surface area contributed by atoms with Gasteiger partial charge in [-0.1, -0.05) is 12.1 Å². The number of carbonyl (C=O) groups excluding carboxylic acids is 1. The molecule has 1 aliphatic rings. The zero-order chi connectivity index (χ0) is 17.8. The second kappa shape index (κ2) is 7.67. The molecule has 1 aliphatic heterocycles. The fourth-order valence-electron chi connectivity index (χ4n) is 3.13. The minimum absolute atomic E-state index is 0.0481. The number of hydrogen-bond donors (Lipinski definition) is 3. The van der Waals surface area contributed by atoms with Crippen LogP contribution in [-0.4, -0.2) is 55.3 Å². The van der Waals surface area contributed by atoms with Crippen LogP contribution in [0.2, 0.25) is 0 Å². The van der Waals surface area contributed by atoms with Crippen molar-refractivity contribution in [2.75, 3.05) is 34.3 Å². The lowest BCUT2D eigenvalue weighted by Gasteiger charge is -2.25. The van der Waals surface area contributed by atoms with Gasteiger partial charge in [0.25, 0.3) is 5.91 Å². The zero-order valence-corrected chi connectivity index (χ0v) is 14.9. The van der Waals surface area contributed by atoms with Gasteiger partial charge in [0.2, 0.25) is 0 Å². The maximum absolute atomic E-state index is 12.6. The minimum atomic E-state index is -0.143. The van der Waals surface area contributed by atoms with E-state index in [1.807, 2.05) is 38.4 Å². The summed E-state index contributed by atoms with van der Waals surface area (Å²) in [5.41, 5.74) is 3.62. The maximum atomic E-state index is 12.6. The lowest BCUT2D eigenvalue weighted by Crippen LogP contribution is -2.35. The third-order valence-electron chi connectivity index (χ3n) is 4.58. The molecule has 0 fully saturated rings. The standard InChI is InChI=1S/C18H25N5O2/c1-23(2)16(12-5-4-6-13(9-12)25-3)11-20-18(24)17-14-10-19-8-7-15(14)21-22-17/h4-6,9,16,19H,7-8,10-11H2,1-3H3,(H,20,24)(H,21,22). The van der Waals surface area contributed by atoms with Crippen molar-refractivity contribution in [3.05, 3.63) is 46.8 Å². The van der Waals surface area contributed by atoms with Crippen LogP contribution in [0.4, 0.5) is 0 Å². The average Bonchev–Trinajstić information content (AvgIpc) is 3.06. The molecule has 0 saturated heterocycles. The quantitative estimate of drug-likeness (QED) is 0.732. The highest BCUT2D eigenvalue weighted by molar-refractivity contribution is 5.94. The van der Waals surface area contributed by atoms with E-state index in [0.717, 1.165) is 35.5 Å². The van der Waals surface area contributed by atoms with Crippen LogP contribution in [-0.2, 0) is 13.0 Å². The molecule has 7 nitrogen and oxygen atoms in total. The Balaban J connectivity index is 1.71. The van der Waals surface area contributed by atoms with E-state index in [4.69, 9.17) is 4.74 Å². The van der Waals surface area contributed by atoms with Crippen molar-refractivity contribution in [3.63, 3.8) is 0 Å². The number of hydrogen-bond acceptors (Lipinski definition) is 5. The molecule has 0 spiro atoms. The summed E-state index contributed by atoms with van der Waals surface area (Å²) in [6.45, 7) is 2.09. The van der Waals surface area contributed by atoms with Crippen LogP contribution in [0.5, 0.6) is 5.75 Å². The van der Waals surface area contributed by atoms with Crippen molar-refractivity contribution in [1.29, 1.82) is 0 Å². The molecular formula is C18H25N5O2. The van der Waals surface area contributed by atoms with Crippen LogP contribution in [0.15, 0.2) is 24.3 Å². The fraction of sp³-hybridized carbons (Fsp3) is 0.444. The first-order valence-corrected chi connectivity index (χ1v) is 8.45. The summed E-state index contributed by atoms with van der Waals surface area (Å²) in [5, 5.41) is 13.5. The third-order valence-corrected chi connectivity index (χ3v) is 4.58. The number of nitrogens with one attached hydrogen (secondary N) is 3. The molecule has 3 N–H and O–H groups in total. The summed E-state index contributed by atoms with van der Waals surface area (Å²) >= 11 is 0. The van der Waals surface area contributed by atoms with E-state index >= 15 is 0 Å². The highest BCUT2D eigenvalue weighted by Gasteiger charge is 2.23. The Morgan fingerprint density at radius 3 is 3.04 bits per heavy atom. The van der Waals surface area contributed by atoms with Crippen LogP contribution >= 0.6 is 0 Å². The van der Waals surface area contributed by atoms with Crippen LogP contribution in [0.3, 0.4) is 0 Å². The normalized spacial score (nSPS) is 14.9. The number of H-pyrrole nitrogens is 1. The number of aromatic nitrogens is 2. The summed E-state index contributed by atoms with van der Waals surface area (Å²) in [5.74, 6) is 0.666. The number of likely N-dealkylation sites (N-methyl/N-ethyl adjacent to an activating group) is 1. The number of nitrogens with zero attached hydrogens (tertiary/aromatic N) is 2. The van der Waals surface area contributed by atoms with E-state index in [0.29, 0.717) is 18.8 Å². The maximum Gasteiger partial charge on any atom is 0.272 e. The Bertz CT molecular complexity index is 741. The molecule has 0 aliphatic carbocycles.